The third-order valence-electron chi connectivity index (χ3n) is 5.68. The summed E-state index contributed by atoms with van der Waals surface area (Å²) in [5.74, 6) is 7.69. The maximum atomic E-state index is 11.6. The van der Waals surface area contributed by atoms with Gasteiger partial charge >= 0.3 is 6.09 Å². The van der Waals surface area contributed by atoms with Crippen molar-refractivity contribution in [3.05, 3.63) is 70.6 Å². The van der Waals surface area contributed by atoms with Crippen LogP contribution in [0.3, 0.4) is 0 Å². The molecule has 1 fully saturated rings. The first kappa shape index (κ1) is 25.7. The Morgan fingerprint density at radius 3 is 2.97 bits per heavy atom. The molecule has 3 N–H and O–H groups in total. The number of benzene rings is 1. The molecule has 0 unspecified atom stereocenters. The fraction of sp³-hybridized carbons (Fsp3) is 0.259. The monoisotopic (exact) mass is 548 g/mol. The van der Waals surface area contributed by atoms with Gasteiger partial charge in [0.15, 0.2) is 0 Å². The highest BCUT2D eigenvalue weighted by molar-refractivity contribution is 7.19. The quantitative estimate of drug-likeness (QED) is 0.280. The maximum Gasteiger partial charge on any atom is 0.407 e. The van der Waals surface area contributed by atoms with E-state index in [1.54, 1.807) is 12.3 Å². The van der Waals surface area contributed by atoms with Crippen LogP contribution < -0.4 is 20.7 Å². The lowest BCUT2D eigenvalue weighted by atomic mass is 10.2. The van der Waals surface area contributed by atoms with Gasteiger partial charge in [0.1, 0.15) is 35.4 Å². The van der Waals surface area contributed by atoms with Gasteiger partial charge in [-0.3, -0.25) is 10.3 Å². The van der Waals surface area contributed by atoms with Crippen molar-refractivity contribution in [1.29, 1.82) is 0 Å². The molecule has 1 aliphatic heterocycles. The zero-order valence-corrected chi connectivity index (χ0v) is 22.1. The van der Waals surface area contributed by atoms with Gasteiger partial charge in [-0.25, -0.2) is 14.8 Å². The number of amides is 1. The number of alkyl carbamates (subject to hydrolysis) is 1. The number of ether oxygens (including phenoxy) is 2. The van der Waals surface area contributed by atoms with Crippen LogP contribution >= 0.6 is 22.9 Å². The number of rotatable bonds is 7. The molecule has 4 heterocycles. The molecule has 1 aromatic carbocycles. The van der Waals surface area contributed by atoms with Gasteiger partial charge < -0.3 is 20.1 Å². The minimum Gasteiger partial charge on any atom is -0.486 e. The fourth-order valence-corrected chi connectivity index (χ4v) is 4.98. The summed E-state index contributed by atoms with van der Waals surface area (Å²) < 4.78 is 11.2. The predicted molar refractivity (Wildman–Crippen MR) is 148 cm³/mol. The summed E-state index contributed by atoms with van der Waals surface area (Å²) in [6.45, 7) is 3.30. The van der Waals surface area contributed by atoms with Crippen molar-refractivity contribution < 1.29 is 14.3 Å². The number of anilines is 2. The van der Waals surface area contributed by atoms with E-state index in [4.69, 9.17) is 21.1 Å². The lowest BCUT2D eigenvalue weighted by Gasteiger charge is -2.11. The van der Waals surface area contributed by atoms with Crippen LogP contribution in [0.2, 0.25) is 5.02 Å². The Balaban J connectivity index is 1.24. The molecule has 194 valence electrons. The second-order valence-corrected chi connectivity index (χ2v) is 9.89. The van der Waals surface area contributed by atoms with Crippen LogP contribution in [0.25, 0.3) is 10.2 Å². The molecule has 2 atom stereocenters. The van der Waals surface area contributed by atoms with Crippen molar-refractivity contribution in [3.63, 3.8) is 0 Å². The van der Waals surface area contributed by atoms with Crippen molar-refractivity contribution in [2.45, 2.75) is 32.1 Å². The number of thiophene rings is 1. The maximum absolute atomic E-state index is 11.6. The molecule has 4 aromatic rings. The number of pyridine rings is 1. The topological polar surface area (TPSA) is 110 Å². The van der Waals surface area contributed by atoms with Crippen LogP contribution in [0.4, 0.5) is 16.3 Å². The second-order valence-electron chi connectivity index (χ2n) is 8.46. The Kier molecular flexibility index (Phi) is 8.19. The second kappa shape index (κ2) is 12.1. The van der Waals surface area contributed by atoms with Crippen LogP contribution in [-0.2, 0) is 11.3 Å². The molecule has 5 rings (SSSR count). The van der Waals surface area contributed by atoms with Gasteiger partial charge in [0, 0.05) is 31.4 Å². The average molecular weight is 549 g/mol. The fourth-order valence-electron chi connectivity index (χ4n) is 3.88. The molecular weight excluding hydrogens is 524 g/mol. The summed E-state index contributed by atoms with van der Waals surface area (Å²) in [5.41, 5.74) is 1.59. The molecule has 38 heavy (non-hydrogen) atoms. The van der Waals surface area contributed by atoms with Crippen LogP contribution in [0, 0.1) is 11.8 Å². The molecule has 0 radical (unpaired) electrons. The third-order valence-corrected chi connectivity index (χ3v) is 6.93. The molecule has 0 saturated carbocycles. The van der Waals surface area contributed by atoms with Crippen molar-refractivity contribution >= 4 is 50.8 Å². The molecule has 1 aliphatic rings. The molecule has 0 bridgehead atoms. The van der Waals surface area contributed by atoms with E-state index in [1.165, 1.54) is 17.7 Å². The van der Waals surface area contributed by atoms with E-state index in [0.29, 0.717) is 42.7 Å². The summed E-state index contributed by atoms with van der Waals surface area (Å²) >= 11 is 7.96. The van der Waals surface area contributed by atoms with Crippen molar-refractivity contribution in [3.8, 4) is 17.6 Å². The number of hydrogen-bond donors (Lipinski definition) is 3. The lowest BCUT2D eigenvalue weighted by Crippen LogP contribution is -2.29. The van der Waals surface area contributed by atoms with Gasteiger partial charge in [-0.15, -0.1) is 11.3 Å². The van der Waals surface area contributed by atoms with Gasteiger partial charge in [-0.2, -0.15) is 0 Å². The zero-order valence-electron chi connectivity index (χ0n) is 20.5. The number of carbonyl (C=O) groups is 1. The van der Waals surface area contributed by atoms with Crippen molar-refractivity contribution in [1.82, 2.24) is 25.6 Å². The highest BCUT2D eigenvalue weighted by atomic mass is 35.5. The minimum absolute atomic E-state index is 0.0520. The number of hydrogen-bond acceptors (Lipinski definition) is 9. The summed E-state index contributed by atoms with van der Waals surface area (Å²) in [5, 5.41) is 10.6. The van der Waals surface area contributed by atoms with Gasteiger partial charge in [-0.1, -0.05) is 29.5 Å². The normalized spacial score (nSPS) is 16.5. The molecule has 0 aliphatic carbocycles. The molecule has 1 amide bonds. The molecule has 3 aromatic heterocycles. The number of aromatic nitrogens is 3. The van der Waals surface area contributed by atoms with Gasteiger partial charge in [0.2, 0.25) is 0 Å². The Morgan fingerprint density at radius 1 is 1.24 bits per heavy atom. The molecule has 11 heteroatoms. The first-order valence-electron chi connectivity index (χ1n) is 12.1. The Morgan fingerprint density at radius 2 is 2.16 bits per heavy atom. The van der Waals surface area contributed by atoms with Gasteiger partial charge in [0.05, 0.1) is 27.0 Å². The smallest absolute Gasteiger partial charge is 0.407 e. The van der Waals surface area contributed by atoms with E-state index in [9.17, 15) is 4.79 Å². The molecular formula is C27H25ClN6O3S. The van der Waals surface area contributed by atoms with E-state index in [1.807, 2.05) is 43.3 Å². The predicted octanol–water partition coefficient (Wildman–Crippen LogP) is 4.89. The number of nitrogens with zero attached hydrogens (tertiary/aromatic N) is 3. The highest BCUT2D eigenvalue weighted by Gasteiger charge is 2.25. The summed E-state index contributed by atoms with van der Waals surface area (Å²) in [6.07, 6.45) is 3.30. The minimum atomic E-state index is -0.399. The van der Waals surface area contributed by atoms with Crippen molar-refractivity contribution in [2.75, 3.05) is 18.4 Å². The third kappa shape index (κ3) is 6.50. The van der Waals surface area contributed by atoms with Gasteiger partial charge in [0.25, 0.3) is 0 Å². The largest absolute Gasteiger partial charge is 0.486 e. The number of fused-ring (bicyclic) bond motifs is 1. The van der Waals surface area contributed by atoms with Crippen LogP contribution in [0.15, 0.2) is 55.0 Å². The van der Waals surface area contributed by atoms with E-state index in [2.05, 4.69) is 42.7 Å². The first-order valence-corrected chi connectivity index (χ1v) is 13.3. The molecule has 1 saturated heterocycles. The Hall–Kier alpha value is -3.91. The van der Waals surface area contributed by atoms with E-state index >= 15 is 0 Å². The first-order chi connectivity index (χ1) is 18.6. The molecule has 0 spiro atoms. The van der Waals surface area contributed by atoms with Crippen LogP contribution in [0.5, 0.6) is 5.75 Å². The number of nitrogens with one attached hydrogen (secondary N) is 3. The summed E-state index contributed by atoms with van der Waals surface area (Å²) in [4.78, 5) is 26.4. The van der Waals surface area contributed by atoms with E-state index in [0.717, 1.165) is 26.5 Å². The van der Waals surface area contributed by atoms with E-state index < -0.39 is 6.09 Å². The molecule has 9 nitrogen and oxygen atoms in total. The highest BCUT2D eigenvalue weighted by Crippen LogP contribution is 2.33. The Labute approximate surface area is 229 Å². The van der Waals surface area contributed by atoms with Crippen molar-refractivity contribution in [2.24, 2.45) is 0 Å². The summed E-state index contributed by atoms with van der Waals surface area (Å²) in [7, 11) is 0. The Bertz CT molecular complexity index is 1490. The van der Waals surface area contributed by atoms with Crippen LogP contribution in [-0.4, -0.2) is 46.3 Å². The zero-order chi connectivity index (χ0) is 26.3. The lowest BCUT2D eigenvalue weighted by molar-refractivity contribution is 0.107. The van der Waals surface area contributed by atoms with Gasteiger partial charge in [-0.05, 0) is 43.3 Å². The van der Waals surface area contributed by atoms with E-state index in [-0.39, 0.29) is 12.1 Å². The SMILES string of the molecule is CCNC(=O)O[C@H]1CN[C@H](C#Cc2cc3c(Nc4ccc(OCc5ccccn5)c(Cl)c4)ncnc3s2)C1. The standard InChI is InChI=1S/C27H25ClN6O3S/c1-2-29-27(35)37-20-11-17(31-14-20)6-8-21-13-22-25(32-16-33-26(22)38-21)34-18-7-9-24(23(28)12-18)36-15-19-5-3-4-10-30-19/h3-5,7,9-10,12-13,16-17,20,31H,2,11,14-15H2,1H3,(H,29,35)(H,32,33,34)/t17-,20-/m1/s1. The summed E-state index contributed by atoms with van der Waals surface area (Å²) in [6, 6.07) is 13.1. The number of carbonyl (C=O) groups excluding carboxylic acids is 1. The van der Waals surface area contributed by atoms with Crippen LogP contribution in [0.1, 0.15) is 23.9 Å². The number of halogens is 1. The average Bonchev–Trinajstić information content (AvgIpc) is 3.55.